The molecule has 0 saturated heterocycles. The Morgan fingerprint density at radius 3 is 1.83 bits per heavy atom. The highest BCUT2D eigenvalue weighted by molar-refractivity contribution is 6.99. The molecule has 0 N–H and O–H groups in total. The van der Waals surface area contributed by atoms with Crippen molar-refractivity contribution in [3.63, 3.8) is 0 Å². The quantitative estimate of drug-likeness (QED) is 0.590. The van der Waals surface area contributed by atoms with Gasteiger partial charge >= 0.3 is 0 Å². The SMILES string of the molecule is C#C/C(C)=C/CO[Si](c1ccccc1)(c1ccccc1)C(C)(C)C. The van der Waals surface area contributed by atoms with Crippen LogP contribution in [0.5, 0.6) is 0 Å². The van der Waals surface area contributed by atoms with Gasteiger partial charge in [0.1, 0.15) is 0 Å². The summed E-state index contributed by atoms with van der Waals surface area (Å²) in [6.07, 6.45) is 7.47. The maximum Gasteiger partial charge on any atom is 0.261 e. The van der Waals surface area contributed by atoms with Crippen molar-refractivity contribution in [2.24, 2.45) is 0 Å². The zero-order valence-corrected chi connectivity index (χ0v) is 16.0. The van der Waals surface area contributed by atoms with Gasteiger partial charge in [-0.25, -0.2) is 0 Å². The molecule has 2 rings (SSSR count). The molecule has 0 aliphatic heterocycles. The minimum atomic E-state index is -2.44. The number of hydrogen-bond donors (Lipinski definition) is 0. The van der Waals surface area contributed by atoms with Gasteiger partial charge in [0.15, 0.2) is 0 Å². The smallest absolute Gasteiger partial charge is 0.261 e. The summed E-state index contributed by atoms with van der Waals surface area (Å²) in [4.78, 5) is 0. The van der Waals surface area contributed by atoms with E-state index >= 15 is 0 Å². The summed E-state index contributed by atoms with van der Waals surface area (Å²) >= 11 is 0. The van der Waals surface area contributed by atoms with Crippen LogP contribution in [0.4, 0.5) is 0 Å². The molecular weight excluding hydrogens is 308 g/mol. The predicted octanol–water partition coefficient (Wildman–Crippen LogP) is 4.14. The molecule has 0 saturated carbocycles. The molecule has 0 aliphatic carbocycles. The van der Waals surface area contributed by atoms with E-state index in [2.05, 4.69) is 87.4 Å². The summed E-state index contributed by atoms with van der Waals surface area (Å²) in [5, 5.41) is 2.57. The molecule has 0 aromatic heterocycles. The first kappa shape index (κ1) is 18.3. The Balaban J connectivity index is 2.60. The van der Waals surface area contributed by atoms with Gasteiger partial charge in [0, 0.05) is 0 Å². The minimum Gasteiger partial charge on any atom is -0.404 e. The molecule has 2 aromatic carbocycles. The highest BCUT2D eigenvalue weighted by Crippen LogP contribution is 2.36. The minimum absolute atomic E-state index is 0.00635. The van der Waals surface area contributed by atoms with Crippen LogP contribution in [0.3, 0.4) is 0 Å². The van der Waals surface area contributed by atoms with Crippen LogP contribution in [-0.2, 0) is 4.43 Å². The lowest BCUT2D eigenvalue weighted by Gasteiger charge is -2.42. The van der Waals surface area contributed by atoms with E-state index in [0.29, 0.717) is 6.61 Å². The van der Waals surface area contributed by atoms with Crippen molar-refractivity contribution in [2.45, 2.75) is 32.7 Å². The predicted molar refractivity (Wildman–Crippen MR) is 106 cm³/mol. The first-order chi connectivity index (χ1) is 11.4. The standard InChI is InChI=1S/C22H26OSi/c1-6-19(2)17-18-23-24(22(3,4)5,20-13-9-7-10-14-20)21-15-11-8-12-16-21/h1,7-17H,18H2,2-5H3/b19-17+. The van der Waals surface area contributed by atoms with E-state index in [1.54, 1.807) is 0 Å². The summed E-state index contributed by atoms with van der Waals surface area (Å²) in [6.45, 7) is 9.29. The molecule has 124 valence electrons. The monoisotopic (exact) mass is 334 g/mol. The van der Waals surface area contributed by atoms with Crippen molar-refractivity contribution in [2.75, 3.05) is 6.61 Å². The third kappa shape index (κ3) is 3.70. The van der Waals surface area contributed by atoms with E-state index in [4.69, 9.17) is 10.8 Å². The molecule has 2 heteroatoms. The highest BCUT2D eigenvalue weighted by atomic mass is 28.4. The summed E-state index contributed by atoms with van der Waals surface area (Å²) < 4.78 is 6.71. The van der Waals surface area contributed by atoms with Gasteiger partial charge in [0.05, 0.1) is 6.61 Å². The van der Waals surface area contributed by atoms with Crippen molar-refractivity contribution in [1.82, 2.24) is 0 Å². The fourth-order valence-corrected chi connectivity index (χ4v) is 7.60. The van der Waals surface area contributed by atoms with E-state index in [0.717, 1.165) is 5.57 Å². The van der Waals surface area contributed by atoms with E-state index in [1.165, 1.54) is 10.4 Å². The molecule has 1 nitrogen and oxygen atoms in total. The van der Waals surface area contributed by atoms with Crippen LogP contribution in [0, 0.1) is 12.3 Å². The molecule has 0 radical (unpaired) electrons. The van der Waals surface area contributed by atoms with Crippen molar-refractivity contribution in [3.8, 4) is 12.3 Å². The highest BCUT2D eigenvalue weighted by Gasteiger charge is 2.49. The van der Waals surface area contributed by atoms with Crippen LogP contribution >= 0.6 is 0 Å². The number of benzene rings is 2. The maximum atomic E-state index is 6.71. The average Bonchev–Trinajstić information content (AvgIpc) is 2.59. The topological polar surface area (TPSA) is 9.23 Å². The molecule has 2 aromatic rings. The number of terminal acetylenes is 1. The third-order valence-corrected chi connectivity index (χ3v) is 9.34. The largest absolute Gasteiger partial charge is 0.404 e. The first-order valence-corrected chi connectivity index (χ1v) is 10.2. The van der Waals surface area contributed by atoms with Crippen LogP contribution in [-0.4, -0.2) is 14.9 Å². The molecule has 0 bridgehead atoms. The van der Waals surface area contributed by atoms with Crippen LogP contribution in [0.2, 0.25) is 5.04 Å². The Labute approximate surface area is 147 Å². The summed E-state index contributed by atoms with van der Waals surface area (Å²) in [7, 11) is -2.44. The normalized spacial score (nSPS) is 12.7. The van der Waals surface area contributed by atoms with Crippen LogP contribution < -0.4 is 10.4 Å². The van der Waals surface area contributed by atoms with E-state index in [9.17, 15) is 0 Å². The molecule has 0 spiro atoms. The molecular formula is C22H26OSi. The van der Waals surface area contributed by atoms with E-state index < -0.39 is 8.32 Å². The van der Waals surface area contributed by atoms with E-state index in [1.807, 2.05) is 13.0 Å². The molecule has 0 amide bonds. The van der Waals surface area contributed by atoms with Gasteiger partial charge in [-0.3, -0.25) is 0 Å². The fraction of sp³-hybridized carbons (Fsp3) is 0.273. The lowest BCUT2D eigenvalue weighted by atomic mass is 10.2. The first-order valence-electron chi connectivity index (χ1n) is 8.30. The summed E-state index contributed by atoms with van der Waals surface area (Å²) in [5.41, 5.74) is 0.910. The molecule has 0 unspecified atom stereocenters. The van der Waals surface area contributed by atoms with Crippen molar-refractivity contribution >= 4 is 18.7 Å². The fourth-order valence-electron chi connectivity index (χ4n) is 3.11. The third-order valence-electron chi connectivity index (χ3n) is 4.33. The van der Waals surface area contributed by atoms with Crippen molar-refractivity contribution < 1.29 is 4.43 Å². The van der Waals surface area contributed by atoms with Gasteiger partial charge in [-0.05, 0) is 34.0 Å². The second-order valence-electron chi connectivity index (χ2n) is 7.01. The maximum absolute atomic E-state index is 6.71. The number of rotatable bonds is 5. The van der Waals surface area contributed by atoms with Crippen LogP contribution in [0.1, 0.15) is 27.7 Å². The second kappa shape index (κ2) is 7.66. The van der Waals surface area contributed by atoms with E-state index in [-0.39, 0.29) is 5.04 Å². The zero-order valence-electron chi connectivity index (χ0n) is 15.0. The van der Waals surface area contributed by atoms with Crippen LogP contribution in [0.25, 0.3) is 0 Å². The molecule has 0 heterocycles. The average molecular weight is 335 g/mol. The molecule has 24 heavy (non-hydrogen) atoms. The van der Waals surface area contributed by atoms with Gasteiger partial charge in [-0.15, -0.1) is 6.42 Å². The van der Waals surface area contributed by atoms with Gasteiger partial charge in [0.25, 0.3) is 8.32 Å². The Bertz CT molecular complexity index is 679. The zero-order chi connectivity index (χ0) is 17.6. The summed E-state index contributed by atoms with van der Waals surface area (Å²) in [6, 6.07) is 21.3. The van der Waals surface area contributed by atoms with Gasteiger partial charge in [-0.2, -0.15) is 0 Å². The number of allylic oxidation sites excluding steroid dienone is 1. The van der Waals surface area contributed by atoms with Gasteiger partial charge in [0.2, 0.25) is 0 Å². The van der Waals surface area contributed by atoms with Crippen molar-refractivity contribution in [3.05, 3.63) is 72.3 Å². The second-order valence-corrected chi connectivity index (χ2v) is 11.3. The Kier molecular flexibility index (Phi) is 5.83. The van der Waals surface area contributed by atoms with Gasteiger partial charge in [-0.1, -0.05) is 87.4 Å². The van der Waals surface area contributed by atoms with Crippen LogP contribution in [0.15, 0.2) is 72.3 Å². The Hall–Kier alpha value is -2.08. The number of hydrogen-bond acceptors (Lipinski definition) is 1. The molecule has 0 atom stereocenters. The molecule has 0 aliphatic rings. The Morgan fingerprint density at radius 1 is 1.00 bits per heavy atom. The van der Waals surface area contributed by atoms with Crippen molar-refractivity contribution in [1.29, 1.82) is 0 Å². The lowest BCUT2D eigenvalue weighted by Crippen LogP contribution is -2.66. The van der Waals surface area contributed by atoms with Gasteiger partial charge < -0.3 is 4.43 Å². The lowest BCUT2D eigenvalue weighted by molar-refractivity contribution is 0.339. The Morgan fingerprint density at radius 2 is 1.46 bits per heavy atom. The molecule has 0 fully saturated rings. The summed E-state index contributed by atoms with van der Waals surface area (Å²) in [5.74, 6) is 2.67.